The van der Waals surface area contributed by atoms with Crippen LogP contribution in [-0.2, 0) is 4.79 Å². The summed E-state index contributed by atoms with van der Waals surface area (Å²) in [5, 5.41) is 13.6. The van der Waals surface area contributed by atoms with Gasteiger partial charge in [-0.25, -0.2) is 4.79 Å². The quantitative estimate of drug-likeness (QED) is 0.336. The minimum Gasteiger partial charge on any atom is -0.507 e. The van der Waals surface area contributed by atoms with Crippen molar-refractivity contribution in [2.75, 3.05) is 27.9 Å². The van der Waals surface area contributed by atoms with Crippen LogP contribution in [0.3, 0.4) is 0 Å². The number of carbonyl (C=O) groups is 1. The maximum atomic E-state index is 12.9. The second-order valence-electron chi connectivity index (χ2n) is 8.59. The SMILES string of the molecule is CCCCCCCCCNC(=O)CC(c1ccc(OC)c(OC)c1OC)c1c(O)cc(C)oc1=O. The molecule has 1 heterocycles. The highest BCUT2D eigenvalue weighted by molar-refractivity contribution is 5.78. The molecule has 2 rings (SSSR count). The fourth-order valence-corrected chi connectivity index (χ4v) is 4.26. The average Bonchev–Trinajstić information content (AvgIpc) is 2.83. The molecule has 1 aromatic carbocycles. The summed E-state index contributed by atoms with van der Waals surface area (Å²) in [6.07, 6.45) is 7.96. The first kappa shape index (κ1) is 28.1. The summed E-state index contributed by atoms with van der Waals surface area (Å²) in [6.45, 7) is 4.32. The summed E-state index contributed by atoms with van der Waals surface area (Å²) in [5.41, 5.74) is -0.209. The zero-order valence-corrected chi connectivity index (χ0v) is 21.6. The molecule has 0 saturated carbocycles. The Hall–Kier alpha value is -3.16. The molecule has 1 amide bonds. The molecule has 0 aliphatic heterocycles. The van der Waals surface area contributed by atoms with Gasteiger partial charge in [0.05, 0.1) is 26.9 Å². The molecular formula is C27H39NO7. The lowest BCUT2D eigenvalue weighted by Gasteiger charge is -2.22. The molecule has 35 heavy (non-hydrogen) atoms. The number of methoxy groups -OCH3 is 3. The molecule has 2 aromatic rings. The second-order valence-corrected chi connectivity index (χ2v) is 8.59. The van der Waals surface area contributed by atoms with Crippen molar-refractivity contribution in [3.63, 3.8) is 0 Å². The Balaban J connectivity index is 2.28. The molecule has 0 spiro atoms. The Morgan fingerprint density at radius 3 is 2.26 bits per heavy atom. The van der Waals surface area contributed by atoms with Crippen LogP contribution >= 0.6 is 0 Å². The van der Waals surface area contributed by atoms with Crippen molar-refractivity contribution in [2.45, 2.75) is 71.1 Å². The Labute approximate surface area is 207 Å². The van der Waals surface area contributed by atoms with Crippen LogP contribution in [0.15, 0.2) is 27.4 Å². The number of amides is 1. The molecule has 8 heteroatoms. The number of aryl methyl sites for hydroxylation is 1. The van der Waals surface area contributed by atoms with Gasteiger partial charge in [0.15, 0.2) is 11.5 Å². The van der Waals surface area contributed by atoms with Crippen LogP contribution in [0.4, 0.5) is 0 Å². The van der Waals surface area contributed by atoms with Gasteiger partial charge in [-0.15, -0.1) is 0 Å². The smallest absolute Gasteiger partial charge is 0.343 e. The number of ether oxygens (including phenoxy) is 3. The molecule has 0 aliphatic rings. The minimum atomic E-state index is -0.823. The van der Waals surface area contributed by atoms with Crippen molar-refractivity contribution in [2.24, 2.45) is 0 Å². The number of rotatable bonds is 15. The Bertz CT molecular complexity index is 1020. The molecular weight excluding hydrogens is 450 g/mol. The van der Waals surface area contributed by atoms with Crippen LogP contribution in [-0.4, -0.2) is 38.9 Å². The average molecular weight is 490 g/mol. The highest BCUT2D eigenvalue weighted by Crippen LogP contribution is 2.45. The molecule has 194 valence electrons. The van der Waals surface area contributed by atoms with Gasteiger partial charge in [0.25, 0.3) is 0 Å². The molecule has 1 atom stereocenters. The first-order chi connectivity index (χ1) is 16.9. The molecule has 0 bridgehead atoms. The third-order valence-corrected chi connectivity index (χ3v) is 6.04. The fourth-order valence-electron chi connectivity index (χ4n) is 4.26. The molecule has 0 aliphatic carbocycles. The van der Waals surface area contributed by atoms with Crippen molar-refractivity contribution in [3.8, 4) is 23.0 Å². The lowest BCUT2D eigenvalue weighted by molar-refractivity contribution is -0.121. The monoisotopic (exact) mass is 489 g/mol. The molecule has 0 radical (unpaired) electrons. The Kier molecular flexibility index (Phi) is 11.5. The highest BCUT2D eigenvalue weighted by Gasteiger charge is 2.30. The van der Waals surface area contributed by atoms with Crippen molar-refractivity contribution in [1.29, 1.82) is 0 Å². The van der Waals surface area contributed by atoms with Gasteiger partial charge in [0, 0.05) is 30.5 Å². The Morgan fingerprint density at radius 1 is 1.00 bits per heavy atom. The van der Waals surface area contributed by atoms with E-state index < -0.39 is 11.5 Å². The molecule has 1 unspecified atom stereocenters. The summed E-state index contributed by atoms with van der Waals surface area (Å²) in [5.74, 6) is 0.0643. The number of hydrogen-bond acceptors (Lipinski definition) is 7. The van der Waals surface area contributed by atoms with E-state index in [0.29, 0.717) is 29.4 Å². The second kappa shape index (κ2) is 14.3. The van der Waals surface area contributed by atoms with Crippen LogP contribution in [0.5, 0.6) is 23.0 Å². The molecule has 0 saturated heterocycles. The first-order valence-electron chi connectivity index (χ1n) is 12.3. The van der Waals surface area contributed by atoms with Gasteiger partial charge in [-0.1, -0.05) is 51.5 Å². The first-order valence-corrected chi connectivity index (χ1v) is 12.3. The van der Waals surface area contributed by atoms with Crippen LogP contribution in [0.1, 0.15) is 81.1 Å². The van der Waals surface area contributed by atoms with E-state index in [9.17, 15) is 14.7 Å². The van der Waals surface area contributed by atoms with Gasteiger partial charge < -0.3 is 29.1 Å². The van der Waals surface area contributed by atoms with Gasteiger partial charge in [-0.05, 0) is 19.4 Å². The summed E-state index contributed by atoms with van der Waals surface area (Å²) in [6, 6.07) is 4.74. The predicted molar refractivity (Wildman–Crippen MR) is 135 cm³/mol. The summed E-state index contributed by atoms with van der Waals surface area (Å²) in [7, 11) is 4.45. The zero-order chi connectivity index (χ0) is 25.8. The summed E-state index contributed by atoms with van der Waals surface area (Å²) < 4.78 is 21.7. The molecule has 1 aromatic heterocycles. The van der Waals surface area contributed by atoms with Crippen molar-refractivity contribution < 1.29 is 28.5 Å². The van der Waals surface area contributed by atoms with Crippen molar-refractivity contribution in [1.82, 2.24) is 5.32 Å². The van der Waals surface area contributed by atoms with E-state index >= 15 is 0 Å². The van der Waals surface area contributed by atoms with E-state index in [4.69, 9.17) is 18.6 Å². The van der Waals surface area contributed by atoms with E-state index in [1.165, 1.54) is 53.1 Å². The van der Waals surface area contributed by atoms with Gasteiger partial charge in [0.2, 0.25) is 11.7 Å². The maximum Gasteiger partial charge on any atom is 0.343 e. The van der Waals surface area contributed by atoms with E-state index in [-0.39, 0.29) is 29.4 Å². The third kappa shape index (κ3) is 7.67. The topological polar surface area (TPSA) is 107 Å². The minimum absolute atomic E-state index is 0.00723. The van der Waals surface area contributed by atoms with Crippen molar-refractivity contribution in [3.05, 3.63) is 45.5 Å². The fraction of sp³-hybridized carbons (Fsp3) is 0.556. The van der Waals surface area contributed by atoms with E-state index in [1.54, 1.807) is 19.1 Å². The number of nitrogens with one attached hydrogen (secondary N) is 1. The highest BCUT2D eigenvalue weighted by atomic mass is 16.5. The van der Waals surface area contributed by atoms with Crippen LogP contribution < -0.4 is 25.2 Å². The van der Waals surface area contributed by atoms with Crippen LogP contribution in [0.25, 0.3) is 0 Å². The number of benzene rings is 1. The molecule has 0 fully saturated rings. The van der Waals surface area contributed by atoms with Gasteiger partial charge in [-0.3, -0.25) is 4.79 Å². The number of unbranched alkanes of at least 4 members (excludes halogenated alkanes) is 6. The van der Waals surface area contributed by atoms with E-state index in [2.05, 4.69) is 12.2 Å². The normalized spacial score (nSPS) is 11.7. The van der Waals surface area contributed by atoms with Crippen LogP contribution in [0.2, 0.25) is 0 Å². The van der Waals surface area contributed by atoms with Gasteiger partial charge in [-0.2, -0.15) is 0 Å². The van der Waals surface area contributed by atoms with E-state index in [1.807, 2.05) is 0 Å². The number of hydrogen-bond donors (Lipinski definition) is 2. The van der Waals surface area contributed by atoms with Crippen LogP contribution in [0, 0.1) is 6.92 Å². The third-order valence-electron chi connectivity index (χ3n) is 6.04. The summed E-state index contributed by atoms with van der Waals surface area (Å²) >= 11 is 0. The van der Waals surface area contributed by atoms with Gasteiger partial charge >= 0.3 is 5.63 Å². The summed E-state index contributed by atoms with van der Waals surface area (Å²) in [4.78, 5) is 25.7. The van der Waals surface area contributed by atoms with E-state index in [0.717, 1.165) is 19.3 Å². The lowest BCUT2D eigenvalue weighted by atomic mass is 9.87. The predicted octanol–water partition coefficient (Wildman–Crippen LogP) is 5.07. The number of carbonyl (C=O) groups excluding carboxylic acids is 1. The van der Waals surface area contributed by atoms with Crippen molar-refractivity contribution >= 4 is 5.91 Å². The largest absolute Gasteiger partial charge is 0.507 e. The molecule has 2 N–H and O–H groups in total. The lowest BCUT2D eigenvalue weighted by Crippen LogP contribution is -2.28. The zero-order valence-electron chi connectivity index (χ0n) is 21.6. The number of aromatic hydroxyl groups is 1. The van der Waals surface area contributed by atoms with Gasteiger partial charge in [0.1, 0.15) is 11.5 Å². The Morgan fingerprint density at radius 2 is 1.66 bits per heavy atom. The standard InChI is InChI=1S/C27H39NO7/c1-6-7-8-9-10-11-12-15-28-23(30)17-20(24-21(29)16-18(2)35-27(24)31)19-13-14-22(32-3)26(34-5)25(19)33-4/h13-14,16,20,29H,6-12,15,17H2,1-5H3,(H,28,30). The molecule has 8 nitrogen and oxygen atoms in total. The maximum absolute atomic E-state index is 12.9.